The van der Waals surface area contributed by atoms with Crippen LogP contribution in [0, 0.1) is 0 Å². The van der Waals surface area contributed by atoms with Crippen molar-refractivity contribution < 1.29 is 19.5 Å². The Labute approximate surface area is 109 Å². The Bertz CT molecular complexity index is 486. The van der Waals surface area contributed by atoms with Crippen molar-refractivity contribution in [3.63, 3.8) is 0 Å². The van der Waals surface area contributed by atoms with Gasteiger partial charge in [-0.1, -0.05) is 12.1 Å². The van der Waals surface area contributed by atoms with Crippen LogP contribution in [0.4, 0.5) is 0 Å². The first-order valence-electron chi connectivity index (χ1n) is 5.49. The molecule has 1 aromatic rings. The number of carbonyl (C=O) groups is 3. The second kappa shape index (κ2) is 6.50. The molecule has 5 N–H and O–H groups in total. The number of carboxylic acids is 1. The molecule has 0 atom stereocenters. The first-order valence-corrected chi connectivity index (χ1v) is 5.49. The van der Waals surface area contributed by atoms with Crippen molar-refractivity contribution in [3.8, 4) is 0 Å². The van der Waals surface area contributed by atoms with Gasteiger partial charge in [0.2, 0.25) is 11.8 Å². The van der Waals surface area contributed by atoms with Gasteiger partial charge in [-0.3, -0.25) is 19.3 Å². The van der Waals surface area contributed by atoms with E-state index < -0.39 is 17.8 Å². The number of aliphatic carboxylic acids is 1. The van der Waals surface area contributed by atoms with E-state index in [0.29, 0.717) is 11.1 Å². The standard InChI is InChI=1S/C12H15N3O4/c13-10(16)6-15(7-11(17)18)5-8-2-1-3-9(4-8)12(14)19/h1-4H,5-7H2,(H2,13,16)(H2,14,19)(H,17,18). The van der Waals surface area contributed by atoms with Gasteiger partial charge in [0.05, 0.1) is 13.1 Å². The number of primary amides is 2. The minimum Gasteiger partial charge on any atom is -0.480 e. The van der Waals surface area contributed by atoms with Crippen LogP contribution in [0.15, 0.2) is 24.3 Å². The summed E-state index contributed by atoms with van der Waals surface area (Å²) >= 11 is 0. The summed E-state index contributed by atoms with van der Waals surface area (Å²) in [7, 11) is 0. The molecule has 1 aromatic carbocycles. The van der Waals surface area contributed by atoms with Crippen LogP contribution < -0.4 is 11.5 Å². The highest BCUT2D eigenvalue weighted by molar-refractivity contribution is 5.92. The van der Waals surface area contributed by atoms with Gasteiger partial charge in [0.1, 0.15) is 0 Å². The van der Waals surface area contributed by atoms with E-state index in [4.69, 9.17) is 16.6 Å². The summed E-state index contributed by atoms with van der Waals surface area (Å²) in [6.07, 6.45) is 0. The van der Waals surface area contributed by atoms with E-state index >= 15 is 0 Å². The monoisotopic (exact) mass is 265 g/mol. The Kier molecular flexibility index (Phi) is 5.01. The number of nitrogens with two attached hydrogens (primary N) is 2. The van der Waals surface area contributed by atoms with Gasteiger partial charge < -0.3 is 16.6 Å². The summed E-state index contributed by atoms with van der Waals surface area (Å²) in [5.74, 6) is -2.25. The third kappa shape index (κ3) is 5.17. The Hall–Kier alpha value is -2.41. The van der Waals surface area contributed by atoms with Crippen molar-refractivity contribution in [1.82, 2.24) is 4.90 Å². The highest BCUT2D eigenvalue weighted by atomic mass is 16.4. The van der Waals surface area contributed by atoms with Crippen LogP contribution >= 0.6 is 0 Å². The number of amides is 2. The Balaban J connectivity index is 2.82. The molecule has 2 amide bonds. The molecule has 7 nitrogen and oxygen atoms in total. The number of rotatable bonds is 7. The van der Waals surface area contributed by atoms with E-state index in [9.17, 15) is 14.4 Å². The molecule has 1 rings (SSSR count). The normalized spacial score (nSPS) is 10.4. The largest absolute Gasteiger partial charge is 0.480 e. The molecule has 0 unspecified atom stereocenters. The molecule has 0 aliphatic heterocycles. The fourth-order valence-electron chi connectivity index (χ4n) is 1.66. The molecule has 0 heterocycles. The zero-order valence-electron chi connectivity index (χ0n) is 10.2. The lowest BCUT2D eigenvalue weighted by molar-refractivity contribution is -0.138. The Morgan fingerprint density at radius 2 is 1.84 bits per heavy atom. The summed E-state index contributed by atoms with van der Waals surface area (Å²) in [6, 6.07) is 6.46. The van der Waals surface area contributed by atoms with Crippen LogP contribution in [0.5, 0.6) is 0 Å². The summed E-state index contributed by atoms with van der Waals surface area (Å²) < 4.78 is 0. The van der Waals surface area contributed by atoms with E-state index in [2.05, 4.69) is 0 Å². The second-order valence-electron chi connectivity index (χ2n) is 4.07. The average molecular weight is 265 g/mol. The smallest absolute Gasteiger partial charge is 0.317 e. The minimum absolute atomic E-state index is 0.174. The fourth-order valence-corrected chi connectivity index (χ4v) is 1.66. The third-order valence-corrected chi connectivity index (χ3v) is 2.36. The highest BCUT2D eigenvalue weighted by Crippen LogP contribution is 2.08. The van der Waals surface area contributed by atoms with E-state index in [1.807, 2.05) is 0 Å². The van der Waals surface area contributed by atoms with Gasteiger partial charge in [-0.15, -0.1) is 0 Å². The zero-order valence-corrected chi connectivity index (χ0v) is 10.2. The summed E-state index contributed by atoms with van der Waals surface area (Å²) in [6.45, 7) is -0.298. The molecule has 102 valence electrons. The lowest BCUT2D eigenvalue weighted by atomic mass is 10.1. The molecule has 0 spiro atoms. The summed E-state index contributed by atoms with van der Waals surface area (Å²) in [5.41, 5.74) is 11.2. The molecule has 0 fully saturated rings. The number of nitrogens with zero attached hydrogens (tertiary/aromatic N) is 1. The van der Waals surface area contributed by atoms with E-state index in [0.717, 1.165) is 0 Å². The lowest BCUT2D eigenvalue weighted by Crippen LogP contribution is -2.36. The van der Waals surface area contributed by atoms with Gasteiger partial charge in [0, 0.05) is 12.1 Å². The van der Waals surface area contributed by atoms with Crippen molar-refractivity contribution in [2.75, 3.05) is 13.1 Å². The zero-order chi connectivity index (χ0) is 14.4. The van der Waals surface area contributed by atoms with E-state index in [1.165, 1.54) is 4.90 Å². The van der Waals surface area contributed by atoms with Crippen molar-refractivity contribution in [1.29, 1.82) is 0 Å². The number of hydrogen-bond donors (Lipinski definition) is 3. The van der Waals surface area contributed by atoms with E-state index in [-0.39, 0.29) is 19.6 Å². The number of benzene rings is 1. The van der Waals surface area contributed by atoms with Crippen LogP contribution in [0.3, 0.4) is 0 Å². The molecule has 0 saturated heterocycles. The molecule has 0 aliphatic rings. The Morgan fingerprint density at radius 3 is 2.37 bits per heavy atom. The van der Waals surface area contributed by atoms with Crippen molar-refractivity contribution >= 4 is 17.8 Å². The fraction of sp³-hybridized carbons (Fsp3) is 0.250. The minimum atomic E-state index is -1.06. The molecule has 0 radical (unpaired) electrons. The van der Waals surface area contributed by atoms with Gasteiger partial charge in [0.25, 0.3) is 0 Å². The van der Waals surface area contributed by atoms with E-state index in [1.54, 1.807) is 24.3 Å². The molecule has 0 aliphatic carbocycles. The Morgan fingerprint density at radius 1 is 1.16 bits per heavy atom. The average Bonchev–Trinajstić information content (AvgIpc) is 2.27. The van der Waals surface area contributed by atoms with Crippen molar-refractivity contribution in [2.45, 2.75) is 6.54 Å². The van der Waals surface area contributed by atoms with Gasteiger partial charge >= 0.3 is 5.97 Å². The molecule has 0 saturated carbocycles. The van der Waals surface area contributed by atoms with Gasteiger partial charge in [-0.05, 0) is 17.7 Å². The number of carboxylic acid groups (broad SMARTS) is 1. The topological polar surface area (TPSA) is 127 Å². The van der Waals surface area contributed by atoms with Gasteiger partial charge in [-0.2, -0.15) is 0 Å². The molecule has 7 heteroatoms. The quantitative estimate of drug-likeness (QED) is 0.592. The van der Waals surface area contributed by atoms with Crippen molar-refractivity contribution in [2.24, 2.45) is 11.5 Å². The first kappa shape index (κ1) is 14.7. The van der Waals surface area contributed by atoms with Crippen LogP contribution in [0.25, 0.3) is 0 Å². The molecular weight excluding hydrogens is 250 g/mol. The van der Waals surface area contributed by atoms with Gasteiger partial charge in [0.15, 0.2) is 0 Å². The second-order valence-corrected chi connectivity index (χ2v) is 4.07. The summed E-state index contributed by atoms with van der Waals surface area (Å²) in [5, 5.41) is 8.75. The third-order valence-electron chi connectivity index (χ3n) is 2.36. The predicted octanol–water partition coefficient (Wildman–Crippen LogP) is -0.843. The number of carbonyl (C=O) groups excluding carboxylic acids is 2. The first-order chi connectivity index (χ1) is 8.88. The van der Waals surface area contributed by atoms with Crippen LogP contribution in [-0.4, -0.2) is 40.9 Å². The molecule has 0 bridgehead atoms. The highest BCUT2D eigenvalue weighted by Gasteiger charge is 2.13. The summed E-state index contributed by atoms with van der Waals surface area (Å²) in [4.78, 5) is 34.0. The van der Waals surface area contributed by atoms with Gasteiger partial charge in [-0.25, -0.2) is 0 Å². The molecule has 0 aromatic heterocycles. The number of hydrogen-bond acceptors (Lipinski definition) is 4. The van der Waals surface area contributed by atoms with Crippen molar-refractivity contribution in [3.05, 3.63) is 35.4 Å². The SMILES string of the molecule is NC(=O)CN(CC(=O)O)Cc1cccc(C(N)=O)c1. The molecule has 19 heavy (non-hydrogen) atoms. The lowest BCUT2D eigenvalue weighted by Gasteiger charge is -2.18. The molecular formula is C12H15N3O4. The predicted molar refractivity (Wildman–Crippen MR) is 67.1 cm³/mol. The maximum absolute atomic E-state index is 11.0. The van der Waals surface area contributed by atoms with Crippen LogP contribution in [0.2, 0.25) is 0 Å². The maximum atomic E-state index is 11.0. The maximum Gasteiger partial charge on any atom is 0.317 e. The van der Waals surface area contributed by atoms with Crippen LogP contribution in [-0.2, 0) is 16.1 Å². The van der Waals surface area contributed by atoms with Crippen LogP contribution in [0.1, 0.15) is 15.9 Å².